The van der Waals surface area contributed by atoms with Crippen LogP contribution in [0.5, 0.6) is 0 Å². The topological polar surface area (TPSA) is 83.6 Å². The second-order valence-electron chi connectivity index (χ2n) is 5.34. The van der Waals surface area contributed by atoms with E-state index >= 15 is 0 Å². The number of hydrogen-bond acceptors (Lipinski definition) is 4. The summed E-state index contributed by atoms with van der Waals surface area (Å²) in [5, 5.41) is 10.5. The van der Waals surface area contributed by atoms with Crippen molar-refractivity contribution in [1.29, 1.82) is 0 Å². The standard InChI is InChI=1S/C17H16ClN5O/c1-11(20-15(24)10-13-4-2-3-5-14(13)18)16-21-17(23-22-16)12-6-8-19-9-7-12/h2-9,11H,10H2,1H3,(H,20,24)(H,21,22,23). The van der Waals surface area contributed by atoms with Gasteiger partial charge in [0.25, 0.3) is 0 Å². The molecule has 1 aromatic carbocycles. The number of aromatic amines is 1. The van der Waals surface area contributed by atoms with Crippen LogP contribution in [-0.4, -0.2) is 26.1 Å². The number of H-pyrrole nitrogens is 1. The molecule has 6 nitrogen and oxygen atoms in total. The number of rotatable bonds is 5. The summed E-state index contributed by atoms with van der Waals surface area (Å²) in [7, 11) is 0. The average molecular weight is 342 g/mol. The molecule has 24 heavy (non-hydrogen) atoms. The van der Waals surface area contributed by atoms with Gasteiger partial charge in [-0.3, -0.25) is 14.9 Å². The van der Waals surface area contributed by atoms with Gasteiger partial charge in [-0.15, -0.1) is 0 Å². The zero-order valence-electron chi connectivity index (χ0n) is 13.0. The van der Waals surface area contributed by atoms with E-state index in [1.54, 1.807) is 18.5 Å². The summed E-state index contributed by atoms with van der Waals surface area (Å²) in [6.45, 7) is 1.85. The fourth-order valence-corrected chi connectivity index (χ4v) is 2.48. The Kier molecular flexibility index (Phi) is 4.86. The van der Waals surface area contributed by atoms with E-state index in [1.165, 1.54) is 0 Å². The maximum absolute atomic E-state index is 12.2. The number of benzene rings is 1. The maximum atomic E-state index is 12.2. The van der Waals surface area contributed by atoms with Crippen LogP contribution in [0, 0.1) is 0 Å². The molecule has 0 aliphatic rings. The number of hydrogen-bond donors (Lipinski definition) is 2. The summed E-state index contributed by atoms with van der Waals surface area (Å²) in [5.74, 6) is 1.03. The highest BCUT2D eigenvalue weighted by Crippen LogP contribution is 2.17. The first-order valence-corrected chi connectivity index (χ1v) is 7.87. The van der Waals surface area contributed by atoms with Crippen LogP contribution in [0.1, 0.15) is 24.4 Å². The SMILES string of the molecule is CC(NC(=O)Cc1ccccc1Cl)c1nc(-c2ccncc2)n[nH]1. The third-order valence-electron chi connectivity index (χ3n) is 3.54. The third kappa shape index (κ3) is 3.78. The highest BCUT2D eigenvalue weighted by Gasteiger charge is 2.15. The molecule has 1 unspecified atom stereocenters. The fraction of sp³-hybridized carbons (Fsp3) is 0.176. The van der Waals surface area contributed by atoms with Crippen LogP contribution in [0.3, 0.4) is 0 Å². The number of nitrogens with one attached hydrogen (secondary N) is 2. The lowest BCUT2D eigenvalue weighted by Crippen LogP contribution is -2.28. The van der Waals surface area contributed by atoms with E-state index < -0.39 is 0 Å². The number of halogens is 1. The quantitative estimate of drug-likeness (QED) is 0.747. The van der Waals surface area contributed by atoms with Crippen molar-refractivity contribution in [2.45, 2.75) is 19.4 Å². The van der Waals surface area contributed by atoms with Crippen molar-refractivity contribution in [3.8, 4) is 11.4 Å². The lowest BCUT2D eigenvalue weighted by molar-refractivity contribution is -0.121. The van der Waals surface area contributed by atoms with Gasteiger partial charge in [0.05, 0.1) is 12.5 Å². The molecule has 0 saturated heterocycles. The van der Waals surface area contributed by atoms with Crippen LogP contribution in [0.4, 0.5) is 0 Å². The minimum atomic E-state index is -0.289. The van der Waals surface area contributed by atoms with Gasteiger partial charge < -0.3 is 5.32 Å². The van der Waals surface area contributed by atoms with Gasteiger partial charge in [0, 0.05) is 23.0 Å². The van der Waals surface area contributed by atoms with E-state index in [9.17, 15) is 4.79 Å². The van der Waals surface area contributed by atoms with Gasteiger partial charge >= 0.3 is 0 Å². The molecule has 2 aromatic heterocycles. The Bertz CT molecular complexity index is 834. The first kappa shape index (κ1) is 16.1. The number of carbonyl (C=O) groups excluding carboxylic acids is 1. The smallest absolute Gasteiger partial charge is 0.225 e. The minimum absolute atomic E-state index is 0.127. The van der Waals surface area contributed by atoms with E-state index in [-0.39, 0.29) is 18.4 Å². The van der Waals surface area contributed by atoms with Gasteiger partial charge in [-0.05, 0) is 30.7 Å². The van der Waals surface area contributed by atoms with Gasteiger partial charge in [-0.2, -0.15) is 5.10 Å². The molecule has 0 saturated carbocycles. The molecule has 0 aliphatic heterocycles. The third-order valence-corrected chi connectivity index (χ3v) is 3.91. The van der Waals surface area contributed by atoms with Gasteiger partial charge in [0.15, 0.2) is 5.82 Å². The van der Waals surface area contributed by atoms with Crippen LogP contribution >= 0.6 is 11.6 Å². The monoisotopic (exact) mass is 341 g/mol. The van der Waals surface area contributed by atoms with E-state index in [0.29, 0.717) is 16.7 Å². The highest BCUT2D eigenvalue weighted by atomic mass is 35.5. The second kappa shape index (κ2) is 7.23. The zero-order chi connectivity index (χ0) is 16.9. The van der Waals surface area contributed by atoms with Gasteiger partial charge in [0.1, 0.15) is 5.82 Å². The van der Waals surface area contributed by atoms with E-state index in [4.69, 9.17) is 11.6 Å². The van der Waals surface area contributed by atoms with Crippen molar-refractivity contribution in [2.24, 2.45) is 0 Å². The summed E-state index contributed by atoms with van der Waals surface area (Å²) >= 11 is 6.08. The van der Waals surface area contributed by atoms with Crippen molar-refractivity contribution < 1.29 is 4.79 Å². The van der Waals surface area contributed by atoms with Crippen molar-refractivity contribution in [3.05, 3.63) is 65.2 Å². The maximum Gasteiger partial charge on any atom is 0.225 e. The average Bonchev–Trinajstić information content (AvgIpc) is 3.08. The second-order valence-corrected chi connectivity index (χ2v) is 5.74. The molecule has 0 radical (unpaired) electrons. The zero-order valence-corrected chi connectivity index (χ0v) is 13.8. The van der Waals surface area contributed by atoms with Crippen molar-refractivity contribution >= 4 is 17.5 Å². The van der Waals surface area contributed by atoms with Crippen molar-refractivity contribution in [2.75, 3.05) is 0 Å². The lowest BCUT2D eigenvalue weighted by Gasteiger charge is -2.11. The number of carbonyl (C=O) groups is 1. The van der Waals surface area contributed by atoms with Crippen LogP contribution in [0.25, 0.3) is 11.4 Å². The molecule has 0 fully saturated rings. The van der Waals surface area contributed by atoms with Crippen LogP contribution in [0.2, 0.25) is 5.02 Å². The molecule has 0 bridgehead atoms. The Labute approximate surface area is 144 Å². The van der Waals surface area contributed by atoms with Crippen LogP contribution in [-0.2, 0) is 11.2 Å². The van der Waals surface area contributed by atoms with Gasteiger partial charge in [-0.25, -0.2) is 4.98 Å². The molecule has 122 valence electrons. The van der Waals surface area contributed by atoms with Gasteiger partial charge in [0.2, 0.25) is 5.91 Å². The number of nitrogens with zero attached hydrogens (tertiary/aromatic N) is 3. The molecular weight excluding hydrogens is 326 g/mol. The summed E-state index contributed by atoms with van der Waals surface area (Å²) in [5.41, 5.74) is 1.65. The minimum Gasteiger partial charge on any atom is -0.346 e. The highest BCUT2D eigenvalue weighted by molar-refractivity contribution is 6.31. The van der Waals surface area contributed by atoms with E-state index in [1.807, 2.05) is 37.3 Å². The molecule has 7 heteroatoms. The molecule has 0 spiro atoms. The predicted molar refractivity (Wildman–Crippen MR) is 91.3 cm³/mol. The van der Waals surface area contributed by atoms with E-state index in [0.717, 1.165) is 11.1 Å². The van der Waals surface area contributed by atoms with Gasteiger partial charge in [-0.1, -0.05) is 29.8 Å². The number of amides is 1. The van der Waals surface area contributed by atoms with Crippen LogP contribution in [0.15, 0.2) is 48.8 Å². The molecular formula is C17H16ClN5O. The molecule has 2 N–H and O–H groups in total. The van der Waals surface area contributed by atoms with Crippen molar-refractivity contribution in [1.82, 2.24) is 25.5 Å². The lowest BCUT2D eigenvalue weighted by atomic mass is 10.1. The Morgan fingerprint density at radius 3 is 2.75 bits per heavy atom. The Morgan fingerprint density at radius 1 is 1.25 bits per heavy atom. The van der Waals surface area contributed by atoms with E-state index in [2.05, 4.69) is 25.5 Å². The molecule has 1 amide bonds. The summed E-state index contributed by atoms with van der Waals surface area (Å²) in [6.07, 6.45) is 3.58. The molecule has 1 atom stereocenters. The summed E-state index contributed by atoms with van der Waals surface area (Å²) in [4.78, 5) is 20.6. The van der Waals surface area contributed by atoms with Crippen LogP contribution < -0.4 is 5.32 Å². The molecule has 0 aliphatic carbocycles. The molecule has 3 rings (SSSR count). The van der Waals surface area contributed by atoms with Crippen molar-refractivity contribution in [3.63, 3.8) is 0 Å². The predicted octanol–water partition coefficient (Wildman–Crippen LogP) is 2.94. The summed E-state index contributed by atoms with van der Waals surface area (Å²) < 4.78 is 0. The Hall–Kier alpha value is -2.73. The Morgan fingerprint density at radius 2 is 2.00 bits per heavy atom. The normalized spacial score (nSPS) is 11.9. The summed E-state index contributed by atoms with van der Waals surface area (Å²) in [6, 6.07) is 10.7. The molecule has 3 aromatic rings. The largest absolute Gasteiger partial charge is 0.346 e. The molecule has 2 heterocycles. The first-order valence-electron chi connectivity index (χ1n) is 7.49. The number of aromatic nitrogens is 4. The Balaban J connectivity index is 1.65. The number of pyridine rings is 1. The fourth-order valence-electron chi connectivity index (χ4n) is 2.27. The first-order chi connectivity index (χ1) is 11.6.